The molecule has 1 aliphatic carbocycles. The molecule has 16 heteroatoms. The maximum Gasteiger partial charge on any atom is 0.407 e. The average molecular weight is 887 g/mol. The Morgan fingerprint density at radius 2 is 1.63 bits per heavy atom. The van der Waals surface area contributed by atoms with Crippen molar-refractivity contribution < 1.29 is 38.1 Å². The molecule has 5 aromatic rings. The van der Waals surface area contributed by atoms with Gasteiger partial charge in [-0.1, -0.05) is 38.5 Å². The Hall–Kier alpha value is -6.16. The van der Waals surface area contributed by atoms with Crippen molar-refractivity contribution in [3.8, 4) is 28.1 Å². The molecule has 0 spiro atoms. The minimum absolute atomic E-state index is 0.0268. The van der Waals surface area contributed by atoms with Crippen LogP contribution in [0.4, 0.5) is 9.59 Å². The first-order valence-electron chi connectivity index (χ1n) is 23.2. The number of aromatic nitrogens is 4. The highest BCUT2D eigenvalue weighted by Crippen LogP contribution is 2.49. The second kappa shape index (κ2) is 17.3. The van der Waals surface area contributed by atoms with E-state index in [9.17, 15) is 19.2 Å². The highest BCUT2D eigenvalue weighted by molar-refractivity contribution is 6.07. The largest absolute Gasteiger partial charge is 0.488 e. The van der Waals surface area contributed by atoms with Gasteiger partial charge in [0, 0.05) is 36.2 Å². The van der Waals surface area contributed by atoms with E-state index in [2.05, 4.69) is 57.0 Å². The molecule has 4 fully saturated rings. The van der Waals surface area contributed by atoms with E-state index < -0.39 is 24.3 Å². The van der Waals surface area contributed by atoms with Crippen molar-refractivity contribution in [2.45, 2.75) is 115 Å². The summed E-state index contributed by atoms with van der Waals surface area (Å²) in [6.45, 7) is 7.36. The molecule has 5 aliphatic rings. The molecule has 10 rings (SSSR count). The Morgan fingerprint density at radius 3 is 2.42 bits per heavy atom. The van der Waals surface area contributed by atoms with Crippen LogP contribution in [0, 0.1) is 17.8 Å². The number of H-pyrrole nitrogens is 2. The number of carbonyl (C=O) groups is 4. The Kier molecular flexibility index (Phi) is 11.4. The summed E-state index contributed by atoms with van der Waals surface area (Å²) in [6.07, 6.45) is 7.48. The van der Waals surface area contributed by atoms with Gasteiger partial charge in [-0.15, -0.1) is 0 Å². The van der Waals surface area contributed by atoms with Crippen LogP contribution in [0.3, 0.4) is 0 Å². The first kappa shape index (κ1) is 42.8. The molecule has 3 aromatic carbocycles. The summed E-state index contributed by atoms with van der Waals surface area (Å²) in [7, 11) is 2.62. The van der Waals surface area contributed by atoms with Crippen LogP contribution in [0.1, 0.15) is 101 Å². The predicted molar refractivity (Wildman–Crippen MR) is 242 cm³/mol. The summed E-state index contributed by atoms with van der Waals surface area (Å²) >= 11 is 0. The zero-order chi connectivity index (χ0) is 45.1. The number of nitrogens with zero attached hydrogens (tertiary/aromatic N) is 4. The summed E-state index contributed by atoms with van der Waals surface area (Å²) in [5, 5.41) is 7.61. The van der Waals surface area contributed by atoms with Crippen molar-refractivity contribution in [2.24, 2.45) is 17.8 Å². The molecule has 4 amide bonds. The van der Waals surface area contributed by atoms with Crippen molar-refractivity contribution in [1.82, 2.24) is 40.4 Å². The average Bonchev–Trinajstić information content (AvgIpc) is 4.18. The van der Waals surface area contributed by atoms with Crippen LogP contribution < -0.4 is 15.4 Å². The summed E-state index contributed by atoms with van der Waals surface area (Å²) in [5.74, 6) is 2.23. The lowest BCUT2D eigenvalue weighted by Crippen LogP contribution is -2.55. The van der Waals surface area contributed by atoms with Gasteiger partial charge in [-0.05, 0) is 116 Å². The number of nitrogens with one attached hydrogen (secondary N) is 4. The van der Waals surface area contributed by atoms with E-state index in [-0.39, 0.29) is 47.8 Å². The summed E-state index contributed by atoms with van der Waals surface area (Å²) in [5.41, 5.74) is 6.65. The number of rotatable bonds is 9. The fourth-order valence-electron chi connectivity index (χ4n) is 11.4. The van der Waals surface area contributed by atoms with Crippen molar-refractivity contribution in [3.05, 3.63) is 65.9 Å². The number of fused-ring (bicyclic) bond motifs is 7. The predicted octanol–water partition coefficient (Wildman–Crippen LogP) is 7.69. The zero-order valence-corrected chi connectivity index (χ0v) is 37.6. The molecule has 65 heavy (non-hydrogen) atoms. The Labute approximate surface area is 377 Å². The van der Waals surface area contributed by atoms with Crippen LogP contribution in [0.2, 0.25) is 0 Å². The lowest BCUT2D eigenvalue weighted by molar-refractivity contribution is -0.139. The Bertz CT molecular complexity index is 2650. The van der Waals surface area contributed by atoms with Crippen LogP contribution in [0.15, 0.2) is 48.7 Å². The lowest BCUT2D eigenvalue weighted by Gasteiger charge is -2.36. The van der Waals surface area contributed by atoms with Crippen LogP contribution in [-0.2, 0) is 30.4 Å². The third-order valence-corrected chi connectivity index (χ3v) is 14.8. The summed E-state index contributed by atoms with van der Waals surface area (Å²) in [4.78, 5) is 74.4. The minimum atomic E-state index is -0.727. The number of carbonyl (C=O) groups excluding carboxylic acids is 4. The molecule has 1 unspecified atom stereocenters. The van der Waals surface area contributed by atoms with Crippen molar-refractivity contribution >= 4 is 45.8 Å². The van der Waals surface area contributed by atoms with E-state index in [0.717, 1.165) is 99.9 Å². The van der Waals surface area contributed by atoms with E-state index in [1.54, 1.807) is 0 Å². The number of methoxy groups -OCH3 is 2. The van der Waals surface area contributed by atoms with Gasteiger partial charge in [0.15, 0.2) is 0 Å². The number of imidazole rings is 2. The van der Waals surface area contributed by atoms with Crippen LogP contribution in [-0.4, -0.2) is 105 Å². The van der Waals surface area contributed by atoms with E-state index in [1.165, 1.54) is 14.2 Å². The van der Waals surface area contributed by atoms with Crippen LogP contribution in [0.25, 0.3) is 44.2 Å². The number of likely N-dealkylation sites (tertiary alicyclic amines) is 2. The highest BCUT2D eigenvalue weighted by Gasteiger charge is 2.50. The molecule has 2 aromatic heterocycles. The monoisotopic (exact) mass is 886 g/mol. The Balaban J connectivity index is 0.907. The Morgan fingerprint density at radius 1 is 0.831 bits per heavy atom. The standard InChI is InChI=1S/C49H58N8O8/c1-25(2)41(54-48(60)62-4)46(58)56-26(3)9-14-38(56)45-51-35-13-11-28-20-34-32-12-10-29(19-31(32)24-65-40(34)22-33(28)43(35)53-45)36-23-50-44(52-36)39-21-30-7-6-8-37(30)57(39)47(59)42(55-49(61)63-5)27-15-17-64-18-16-27/h10-13,19-20,22-23,25-27,30,37-39,41-42H,6-9,14-18,21,24H2,1-5H3,(H,50,52)(H,51,53)(H,54,60)(H,55,61)/t26-,30-,37-,38-,39-,41-,42?/m0/s1. The molecule has 7 atom stereocenters. The molecule has 3 saturated heterocycles. The molecular weight excluding hydrogens is 829 g/mol. The number of hydrogen-bond acceptors (Lipinski definition) is 10. The molecule has 0 bridgehead atoms. The molecule has 0 radical (unpaired) electrons. The minimum Gasteiger partial charge on any atom is -0.488 e. The first-order valence-corrected chi connectivity index (χ1v) is 23.2. The second-order valence-corrected chi connectivity index (χ2v) is 18.9. The normalized spacial score (nSPS) is 23.8. The fraction of sp³-hybridized carbons (Fsp3) is 0.510. The smallest absolute Gasteiger partial charge is 0.407 e. The third-order valence-electron chi connectivity index (χ3n) is 14.8. The van der Waals surface area contributed by atoms with Gasteiger partial charge < -0.3 is 49.3 Å². The maximum absolute atomic E-state index is 14.6. The van der Waals surface area contributed by atoms with Gasteiger partial charge in [-0.2, -0.15) is 0 Å². The lowest BCUT2D eigenvalue weighted by atomic mass is 9.90. The molecular formula is C49H58N8O8. The van der Waals surface area contributed by atoms with Gasteiger partial charge in [0.1, 0.15) is 36.1 Å². The van der Waals surface area contributed by atoms with Crippen molar-refractivity contribution in [2.75, 3.05) is 27.4 Å². The number of aromatic amines is 2. The number of amides is 4. The van der Waals surface area contributed by atoms with Crippen LogP contribution >= 0.6 is 0 Å². The van der Waals surface area contributed by atoms with Gasteiger partial charge in [-0.25, -0.2) is 19.6 Å². The summed E-state index contributed by atoms with van der Waals surface area (Å²) in [6, 6.07) is 12.9. The molecule has 16 nitrogen and oxygen atoms in total. The van der Waals surface area contributed by atoms with E-state index in [0.29, 0.717) is 44.4 Å². The topological polar surface area (TPSA) is 193 Å². The molecule has 4 aliphatic heterocycles. The van der Waals surface area contributed by atoms with E-state index >= 15 is 0 Å². The number of benzene rings is 3. The molecule has 342 valence electrons. The van der Waals surface area contributed by atoms with E-state index in [4.69, 9.17) is 28.9 Å². The second-order valence-electron chi connectivity index (χ2n) is 18.9. The SMILES string of the molecule is COC(=O)NC(C(=O)N1[C@H](c2ncc(-c3ccc4c(c3)COc3cc5c(ccc6[nH]c([C@@H]7CC[C@H](C)N7C(=O)[C@@H](NC(=O)OC)C(C)C)nc65)cc3-4)[nH]2)C[C@@H]2CCC[C@@H]21)C1CCOCC1. The van der Waals surface area contributed by atoms with Gasteiger partial charge in [-0.3, -0.25) is 9.59 Å². The summed E-state index contributed by atoms with van der Waals surface area (Å²) < 4.78 is 21.9. The quantitative estimate of drug-likeness (QED) is 0.114. The fourth-order valence-corrected chi connectivity index (χ4v) is 11.4. The van der Waals surface area contributed by atoms with Gasteiger partial charge >= 0.3 is 12.2 Å². The van der Waals surface area contributed by atoms with Gasteiger partial charge in [0.25, 0.3) is 0 Å². The van der Waals surface area contributed by atoms with Crippen LogP contribution in [0.5, 0.6) is 5.75 Å². The van der Waals surface area contributed by atoms with Gasteiger partial charge in [0.2, 0.25) is 11.8 Å². The van der Waals surface area contributed by atoms with Crippen molar-refractivity contribution in [3.63, 3.8) is 0 Å². The van der Waals surface area contributed by atoms with E-state index in [1.807, 2.05) is 42.8 Å². The number of hydrogen-bond donors (Lipinski definition) is 4. The number of alkyl carbamates (subject to hydrolysis) is 2. The molecule has 6 heterocycles. The molecule has 1 saturated carbocycles. The van der Waals surface area contributed by atoms with Gasteiger partial charge in [0.05, 0.1) is 49.2 Å². The first-order chi connectivity index (χ1) is 31.5. The third kappa shape index (κ3) is 7.72. The molecule has 4 N–H and O–H groups in total. The highest BCUT2D eigenvalue weighted by atomic mass is 16.5. The van der Waals surface area contributed by atoms with Crippen molar-refractivity contribution in [1.29, 1.82) is 0 Å². The number of ether oxygens (including phenoxy) is 4. The maximum atomic E-state index is 14.6. The zero-order valence-electron chi connectivity index (χ0n) is 37.6.